The zero-order valence-electron chi connectivity index (χ0n) is 19.2. The van der Waals surface area contributed by atoms with E-state index in [1.807, 2.05) is 13.8 Å². The molecule has 192 valence electrons. The lowest BCUT2D eigenvalue weighted by atomic mass is 9.82. The first-order chi connectivity index (χ1) is 15.8. The molecule has 0 spiro atoms. The largest absolute Gasteiger partial charge is 0.416 e. The molecule has 1 fully saturated rings. The molecule has 1 unspecified atom stereocenters. The molecule has 1 saturated carbocycles. The van der Waals surface area contributed by atoms with Crippen LogP contribution < -0.4 is 16.0 Å². The predicted octanol–water partition coefficient (Wildman–Crippen LogP) is 4.76. The van der Waals surface area contributed by atoms with Crippen LogP contribution in [-0.2, 0) is 17.1 Å². The summed E-state index contributed by atoms with van der Waals surface area (Å²) in [6.45, 7) is 5.00. The van der Waals surface area contributed by atoms with Gasteiger partial charge in [0, 0.05) is 18.2 Å². The quantitative estimate of drug-likeness (QED) is 0.433. The second kappa shape index (κ2) is 11.9. The number of carbonyl (C=O) groups is 2. The molecule has 34 heavy (non-hydrogen) atoms. The summed E-state index contributed by atoms with van der Waals surface area (Å²) in [5.41, 5.74) is -3.70. The summed E-state index contributed by atoms with van der Waals surface area (Å²) in [5, 5.41) is 8.49. The standard InChI is InChI=1S/C23H31F6N3O2/c1-3-14(2)32-20(33)13-30-11-15-4-6-16(7-5-15)12-31-21(34)17-8-18(22(24,25)26)10-19(9-17)23(27,28)29/h8-10,14-16,30H,3-7,11-13H2,1-2H3,(H,31,34)(H,32,33). The minimum absolute atomic E-state index is 0.000110. The number of rotatable bonds is 9. The van der Waals surface area contributed by atoms with Crippen LogP contribution in [0.3, 0.4) is 0 Å². The van der Waals surface area contributed by atoms with E-state index < -0.39 is 35.0 Å². The van der Waals surface area contributed by atoms with Crippen LogP contribution in [-0.4, -0.2) is 37.5 Å². The number of halogens is 6. The van der Waals surface area contributed by atoms with E-state index in [2.05, 4.69) is 16.0 Å². The lowest BCUT2D eigenvalue weighted by molar-refractivity contribution is -0.143. The molecule has 2 rings (SSSR count). The summed E-state index contributed by atoms with van der Waals surface area (Å²) in [6, 6.07) is 0.991. The van der Waals surface area contributed by atoms with Gasteiger partial charge in [0.05, 0.1) is 17.7 Å². The van der Waals surface area contributed by atoms with Gasteiger partial charge in [-0.25, -0.2) is 0 Å². The molecule has 0 bridgehead atoms. The Morgan fingerprint density at radius 3 is 1.88 bits per heavy atom. The highest BCUT2D eigenvalue weighted by Crippen LogP contribution is 2.36. The van der Waals surface area contributed by atoms with Gasteiger partial charge in [-0.1, -0.05) is 6.92 Å². The first kappa shape index (κ1) is 27.9. The summed E-state index contributed by atoms with van der Waals surface area (Å²) in [5.74, 6) is -0.579. The van der Waals surface area contributed by atoms with Gasteiger partial charge in [0.1, 0.15) is 0 Å². The van der Waals surface area contributed by atoms with Crippen LogP contribution in [0.25, 0.3) is 0 Å². The van der Waals surface area contributed by atoms with E-state index in [0.29, 0.717) is 24.6 Å². The van der Waals surface area contributed by atoms with Gasteiger partial charge in [0.25, 0.3) is 5.91 Å². The summed E-state index contributed by atoms with van der Waals surface area (Å²) in [4.78, 5) is 24.1. The molecular weight excluding hydrogens is 464 g/mol. The fourth-order valence-corrected chi connectivity index (χ4v) is 3.88. The fraction of sp³-hybridized carbons (Fsp3) is 0.652. The van der Waals surface area contributed by atoms with Gasteiger partial charge in [-0.2, -0.15) is 26.3 Å². The number of carbonyl (C=O) groups excluding carboxylic acids is 2. The maximum Gasteiger partial charge on any atom is 0.416 e. The number of alkyl halides is 6. The molecule has 0 aromatic heterocycles. The van der Waals surface area contributed by atoms with Crippen molar-refractivity contribution in [1.82, 2.24) is 16.0 Å². The number of hydrogen-bond acceptors (Lipinski definition) is 3. The van der Waals surface area contributed by atoms with Gasteiger partial charge in [0.15, 0.2) is 0 Å². The highest BCUT2D eigenvalue weighted by Gasteiger charge is 2.37. The van der Waals surface area contributed by atoms with Gasteiger partial charge in [0.2, 0.25) is 5.91 Å². The van der Waals surface area contributed by atoms with Crippen LogP contribution in [0, 0.1) is 11.8 Å². The Kier molecular flexibility index (Phi) is 9.78. The monoisotopic (exact) mass is 495 g/mol. The van der Waals surface area contributed by atoms with Crippen molar-refractivity contribution in [2.45, 2.75) is 64.3 Å². The fourth-order valence-electron chi connectivity index (χ4n) is 3.88. The van der Waals surface area contributed by atoms with Crippen molar-refractivity contribution in [3.63, 3.8) is 0 Å². The smallest absolute Gasteiger partial charge is 0.353 e. The Hall–Kier alpha value is -2.30. The molecule has 1 aliphatic rings. The Morgan fingerprint density at radius 2 is 1.41 bits per heavy atom. The van der Waals surface area contributed by atoms with E-state index in [-0.39, 0.29) is 37.0 Å². The lowest BCUT2D eigenvalue weighted by Gasteiger charge is -2.29. The average Bonchev–Trinajstić information content (AvgIpc) is 2.76. The van der Waals surface area contributed by atoms with Crippen LogP contribution in [0.2, 0.25) is 0 Å². The van der Waals surface area contributed by atoms with E-state index in [0.717, 1.165) is 32.1 Å². The van der Waals surface area contributed by atoms with E-state index >= 15 is 0 Å². The second-order valence-corrected chi connectivity index (χ2v) is 8.90. The van der Waals surface area contributed by atoms with Crippen molar-refractivity contribution in [3.8, 4) is 0 Å². The van der Waals surface area contributed by atoms with Crippen LogP contribution in [0.4, 0.5) is 26.3 Å². The van der Waals surface area contributed by atoms with Crippen LogP contribution in [0.1, 0.15) is 67.4 Å². The van der Waals surface area contributed by atoms with Crippen molar-refractivity contribution in [2.24, 2.45) is 11.8 Å². The van der Waals surface area contributed by atoms with Crippen LogP contribution in [0.15, 0.2) is 18.2 Å². The van der Waals surface area contributed by atoms with Crippen molar-refractivity contribution in [1.29, 1.82) is 0 Å². The maximum absolute atomic E-state index is 13.0. The van der Waals surface area contributed by atoms with Gasteiger partial charge < -0.3 is 16.0 Å². The molecule has 5 nitrogen and oxygen atoms in total. The number of nitrogens with one attached hydrogen (secondary N) is 3. The predicted molar refractivity (Wildman–Crippen MR) is 115 cm³/mol. The van der Waals surface area contributed by atoms with E-state index in [4.69, 9.17) is 0 Å². The molecular formula is C23H31F6N3O2. The van der Waals surface area contributed by atoms with E-state index in [1.54, 1.807) is 0 Å². The SMILES string of the molecule is CCC(C)NC(=O)CNCC1CCC(CNC(=O)c2cc(C(F)(F)F)cc(C(F)(F)F)c2)CC1. The summed E-state index contributed by atoms with van der Waals surface area (Å²) in [6.07, 6.45) is -5.92. The van der Waals surface area contributed by atoms with Crippen molar-refractivity contribution in [3.05, 3.63) is 34.9 Å². The van der Waals surface area contributed by atoms with Crippen LogP contribution in [0.5, 0.6) is 0 Å². The Morgan fingerprint density at radius 1 is 0.912 bits per heavy atom. The van der Waals surface area contributed by atoms with Crippen LogP contribution >= 0.6 is 0 Å². The first-order valence-electron chi connectivity index (χ1n) is 11.4. The van der Waals surface area contributed by atoms with Gasteiger partial charge in [-0.15, -0.1) is 0 Å². The summed E-state index contributed by atoms with van der Waals surface area (Å²) in [7, 11) is 0. The molecule has 1 aromatic carbocycles. The molecule has 0 aliphatic heterocycles. The topological polar surface area (TPSA) is 70.2 Å². The van der Waals surface area contributed by atoms with Crippen molar-refractivity contribution < 1.29 is 35.9 Å². The normalized spacial score (nSPS) is 20.0. The minimum Gasteiger partial charge on any atom is -0.353 e. The van der Waals surface area contributed by atoms with E-state index in [1.165, 1.54) is 0 Å². The highest BCUT2D eigenvalue weighted by atomic mass is 19.4. The average molecular weight is 496 g/mol. The third-order valence-corrected chi connectivity index (χ3v) is 6.11. The minimum atomic E-state index is -5.00. The molecule has 0 saturated heterocycles. The molecule has 1 atom stereocenters. The second-order valence-electron chi connectivity index (χ2n) is 8.90. The van der Waals surface area contributed by atoms with Crippen molar-refractivity contribution >= 4 is 11.8 Å². The number of benzene rings is 1. The molecule has 1 aliphatic carbocycles. The van der Waals surface area contributed by atoms with Crippen molar-refractivity contribution in [2.75, 3.05) is 19.6 Å². The zero-order valence-corrected chi connectivity index (χ0v) is 19.2. The molecule has 11 heteroatoms. The Balaban J connectivity index is 1.82. The van der Waals surface area contributed by atoms with Gasteiger partial charge in [-0.05, 0) is 75.6 Å². The summed E-state index contributed by atoms with van der Waals surface area (Å²) >= 11 is 0. The summed E-state index contributed by atoms with van der Waals surface area (Å²) < 4.78 is 77.9. The highest BCUT2D eigenvalue weighted by molar-refractivity contribution is 5.94. The molecule has 1 aromatic rings. The number of amides is 2. The number of hydrogen-bond donors (Lipinski definition) is 3. The lowest BCUT2D eigenvalue weighted by Crippen LogP contribution is -2.40. The third-order valence-electron chi connectivity index (χ3n) is 6.11. The van der Waals surface area contributed by atoms with Gasteiger partial charge in [-0.3, -0.25) is 9.59 Å². The maximum atomic E-state index is 13.0. The Labute approximate surface area is 195 Å². The Bertz CT molecular complexity index is 801. The third kappa shape index (κ3) is 8.81. The van der Waals surface area contributed by atoms with Gasteiger partial charge >= 0.3 is 12.4 Å². The zero-order chi connectivity index (χ0) is 25.5. The first-order valence-corrected chi connectivity index (χ1v) is 11.4. The molecule has 0 heterocycles. The molecule has 3 N–H and O–H groups in total. The molecule has 0 radical (unpaired) electrons. The molecule has 2 amide bonds. The van der Waals surface area contributed by atoms with E-state index in [9.17, 15) is 35.9 Å².